The molecule has 4 rings (SSSR count). The molecule has 0 N–H and O–H groups in total. The van der Waals surface area contributed by atoms with Crippen LogP contribution in [0.25, 0.3) is 10.8 Å². The maximum absolute atomic E-state index is 12.8. The van der Waals surface area contributed by atoms with Gasteiger partial charge in [0.05, 0.1) is 11.1 Å². The number of hydrogen-bond donors (Lipinski definition) is 0. The maximum Gasteiger partial charge on any atom is 0.344 e. The molecular formula is C26H20O4. The lowest BCUT2D eigenvalue weighted by Gasteiger charge is -2.11. The van der Waals surface area contributed by atoms with E-state index < -0.39 is 11.9 Å². The van der Waals surface area contributed by atoms with Crippen molar-refractivity contribution in [1.82, 2.24) is 0 Å². The minimum absolute atomic E-state index is 0.387. The molecule has 0 saturated heterocycles. The van der Waals surface area contributed by atoms with E-state index in [1.165, 1.54) is 0 Å². The Labute approximate surface area is 174 Å². The van der Waals surface area contributed by atoms with Crippen LogP contribution in [0.1, 0.15) is 31.8 Å². The Balaban J connectivity index is 1.65. The third-order valence-corrected chi connectivity index (χ3v) is 4.83. The molecule has 0 atom stereocenters. The molecule has 148 valence electrons. The van der Waals surface area contributed by atoms with Gasteiger partial charge in [0.25, 0.3) is 0 Å². The fourth-order valence-corrected chi connectivity index (χ4v) is 3.19. The van der Waals surface area contributed by atoms with E-state index in [0.29, 0.717) is 33.4 Å². The monoisotopic (exact) mass is 396 g/mol. The zero-order chi connectivity index (χ0) is 21.1. The van der Waals surface area contributed by atoms with Crippen LogP contribution in [0.4, 0.5) is 0 Å². The molecule has 0 saturated carbocycles. The zero-order valence-electron chi connectivity index (χ0n) is 16.7. The molecule has 0 fully saturated rings. The number of carbonyl (C=O) groups excluding carboxylic acids is 2. The second-order valence-electron chi connectivity index (χ2n) is 7.11. The van der Waals surface area contributed by atoms with Gasteiger partial charge < -0.3 is 9.47 Å². The Bertz CT molecular complexity index is 1120. The zero-order valence-corrected chi connectivity index (χ0v) is 16.7. The van der Waals surface area contributed by atoms with Crippen molar-refractivity contribution in [2.45, 2.75) is 13.8 Å². The second kappa shape index (κ2) is 8.21. The van der Waals surface area contributed by atoms with E-state index in [0.717, 1.165) is 11.1 Å². The SMILES string of the molecule is Cc1ccc(OC(=O)c2ccc(C(=O)Oc3ccc(C)cc3)c3ccccc23)cc1. The highest BCUT2D eigenvalue weighted by Crippen LogP contribution is 2.26. The molecule has 0 amide bonds. The van der Waals surface area contributed by atoms with E-state index in [-0.39, 0.29) is 0 Å². The number of aryl methyl sites for hydroxylation is 2. The summed E-state index contributed by atoms with van der Waals surface area (Å²) in [6.45, 7) is 3.93. The van der Waals surface area contributed by atoms with Gasteiger partial charge in [0, 0.05) is 0 Å². The van der Waals surface area contributed by atoms with Crippen LogP contribution in [0.5, 0.6) is 11.5 Å². The Kier molecular flexibility index (Phi) is 5.31. The van der Waals surface area contributed by atoms with Gasteiger partial charge in [-0.05, 0) is 61.0 Å². The van der Waals surface area contributed by atoms with E-state index in [4.69, 9.17) is 9.47 Å². The molecule has 4 aromatic rings. The van der Waals surface area contributed by atoms with E-state index >= 15 is 0 Å². The highest BCUT2D eigenvalue weighted by Gasteiger charge is 2.18. The van der Waals surface area contributed by atoms with Crippen molar-refractivity contribution in [3.8, 4) is 11.5 Å². The lowest BCUT2D eigenvalue weighted by atomic mass is 9.99. The second-order valence-corrected chi connectivity index (χ2v) is 7.11. The molecule has 0 unspecified atom stereocenters. The first-order valence-corrected chi connectivity index (χ1v) is 9.61. The van der Waals surface area contributed by atoms with E-state index in [9.17, 15) is 9.59 Å². The Hall–Kier alpha value is -3.92. The van der Waals surface area contributed by atoms with Crippen molar-refractivity contribution in [1.29, 1.82) is 0 Å². The average Bonchev–Trinajstić information content (AvgIpc) is 2.76. The minimum Gasteiger partial charge on any atom is -0.423 e. The van der Waals surface area contributed by atoms with Crippen molar-refractivity contribution in [3.05, 3.63) is 107 Å². The number of fused-ring (bicyclic) bond motifs is 1. The summed E-state index contributed by atoms with van der Waals surface area (Å²) < 4.78 is 11.0. The molecule has 4 heteroatoms. The summed E-state index contributed by atoms with van der Waals surface area (Å²) in [5.74, 6) is -0.0166. The summed E-state index contributed by atoms with van der Waals surface area (Å²) in [6, 6.07) is 25.0. The molecule has 0 heterocycles. The summed E-state index contributed by atoms with van der Waals surface area (Å²) >= 11 is 0. The summed E-state index contributed by atoms with van der Waals surface area (Å²) in [7, 11) is 0. The van der Waals surface area contributed by atoms with Crippen LogP contribution < -0.4 is 9.47 Å². The molecule has 0 bridgehead atoms. The smallest absolute Gasteiger partial charge is 0.344 e. The molecule has 30 heavy (non-hydrogen) atoms. The molecule has 4 nitrogen and oxygen atoms in total. The average molecular weight is 396 g/mol. The minimum atomic E-state index is -0.478. The first-order valence-electron chi connectivity index (χ1n) is 9.61. The molecule has 0 aliphatic heterocycles. The van der Waals surface area contributed by atoms with Gasteiger partial charge in [0.2, 0.25) is 0 Å². The predicted molar refractivity (Wildman–Crippen MR) is 116 cm³/mol. The molecular weight excluding hydrogens is 376 g/mol. The largest absolute Gasteiger partial charge is 0.423 e. The fraction of sp³-hybridized carbons (Fsp3) is 0.0769. The van der Waals surface area contributed by atoms with Gasteiger partial charge in [-0.3, -0.25) is 0 Å². The number of ether oxygens (including phenoxy) is 2. The Morgan fingerprint density at radius 2 is 0.900 bits per heavy atom. The van der Waals surface area contributed by atoms with Crippen LogP contribution in [0.3, 0.4) is 0 Å². The number of esters is 2. The fourth-order valence-electron chi connectivity index (χ4n) is 3.19. The van der Waals surface area contributed by atoms with Crippen LogP contribution in [0, 0.1) is 13.8 Å². The van der Waals surface area contributed by atoms with Gasteiger partial charge in [-0.2, -0.15) is 0 Å². The molecule has 0 aliphatic carbocycles. The topological polar surface area (TPSA) is 52.6 Å². The van der Waals surface area contributed by atoms with Crippen LogP contribution >= 0.6 is 0 Å². The lowest BCUT2D eigenvalue weighted by molar-refractivity contribution is 0.0723. The highest BCUT2D eigenvalue weighted by molar-refractivity contribution is 6.12. The first kappa shape index (κ1) is 19.4. The van der Waals surface area contributed by atoms with Crippen molar-refractivity contribution < 1.29 is 19.1 Å². The quantitative estimate of drug-likeness (QED) is 0.319. The summed E-state index contributed by atoms with van der Waals surface area (Å²) in [5, 5.41) is 1.26. The van der Waals surface area contributed by atoms with Gasteiger partial charge in [0.15, 0.2) is 0 Å². The summed E-state index contributed by atoms with van der Waals surface area (Å²) in [5.41, 5.74) is 2.93. The van der Waals surface area contributed by atoms with Gasteiger partial charge in [0.1, 0.15) is 11.5 Å². The predicted octanol–water partition coefficient (Wildman–Crippen LogP) is 5.90. The molecule has 0 aromatic heterocycles. The van der Waals surface area contributed by atoms with Crippen molar-refractivity contribution in [2.24, 2.45) is 0 Å². The number of carbonyl (C=O) groups is 2. The van der Waals surface area contributed by atoms with Gasteiger partial charge >= 0.3 is 11.9 Å². The van der Waals surface area contributed by atoms with Crippen LogP contribution in [-0.4, -0.2) is 11.9 Å². The maximum atomic E-state index is 12.8. The number of hydrogen-bond acceptors (Lipinski definition) is 4. The summed E-state index contributed by atoms with van der Waals surface area (Å²) in [4.78, 5) is 25.6. The van der Waals surface area contributed by atoms with E-state index in [2.05, 4.69) is 0 Å². The van der Waals surface area contributed by atoms with E-state index in [1.54, 1.807) is 48.5 Å². The third kappa shape index (κ3) is 4.08. The normalized spacial score (nSPS) is 10.6. The molecule has 4 aromatic carbocycles. The van der Waals surface area contributed by atoms with Crippen LogP contribution in [0.15, 0.2) is 84.9 Å². The van der Waals surface area contributed by atoms with E-state index in [1.807, 2.05) is 50.2 Å². The van der Waals surface area contributed by atoms with Crippen LogP contribution in [0.2, 0.25) is 0 Å². The van der Waals surface area contributed by atoms with Crippen molar-refractivity contribution >= 4 is 22.7 Å². The Morgan fingerprint density at radius 3 is 1.27 bits per heavy atom. The third-order valence-electron chi connectivity index (χ3n) is 4.83. The van der Waals surface area contributed by atoms with Gasteiger partial charge in [-0.15, -0.1) is 0 Å². The molecule has 0 spiro atoms. The molecule has 0 radical (unpaired) electrons. The summed E-state index contributed by atoms with van der Waals surface area (Å²) in [6.07, 6.45) is 0. The first-order chi connectivity index (χ1) is 14.5. The van der Waals surface area contributed by atoms with Gasteiger partial charge in [-0.25, -0.2) is 9.59 Å². The van der Waals surface area contributed by atoms with Gasteiger partial charge in [-0.1, -0.05) is 59.7 Å². The van der Waals surface area contributed by atoms with Crippen LogP contribution in [-0.2, 0) is 0 Å². The van der Waals surface area contributed by atoms with Crippen molar-refractivity contribution in [2.75, 3.05) is 0 Å². The highest BCUT2D eigenvalue weighted by atomic mass is 16.5. The Morgan fingerprint density at radius 1 is 0.533 bits per heavy atom. The molecule has 0 aliphatic rings. The lowest BCUT2D eigenvalue weighted by Crippen LogP contribution is -2.12. The number of benzene rings is 4. The standard InChI is InChI=1S/C26H20O4/c1-17-7-11-19(12-8-17)29-25(27)23-15-16-24(22-6-4-3-5-21(22)23)26(28)30-20-13-9-18(2)10-14-20/h3-16H,1-2H3. The number of rotatable bonds is 4. The van der Waals surface area contributed by atoms with Crippen molar-refractivity contribution in [3.63, 3.8) is 0 Å².